The normalized spacial score (nSPS) is 31.7. The van der Waals surface area contributed by atoms with Crippen LogP contribution >= 0.6 is 0 Å². The zero-order valence-corrected chi connectivity index (χ0v) is 9.80. The number of carbonyl (C=O) groups is 1. The molecule has 0 bridgehead atoms. The molecule has 88 valence electrons. The van der Waals surface area contributed by atoms with E-state index in [4.69, 9.17) is 5.11 Å². The Morgan fingerprint density at radius 2 is 2.20 bits per heavy atom. The van der Waals surface area contributed by atoms with Crippen molar-refractivity contribution in [2.75, 3.05) is 13.3 Å². The molecule has 2 N–H and O–H groups in total. The lowest BCUT2D eigenvalue weighted by molar-refractivity contribution is -0.138. The lowest BCUT2D eigenvalue weighted by Crippen LogP contribution is -2.53. The van der Waals surface area contributed by atoms with E-state index < -0.39 is 26.6 Å². The van der Waals surface area contributed by atoms with Crippen LogP contribution in [0.15, 0.2) is 0 Å². The van der Waals surface area contributed by atoms with Gasteiger partial charge in [0.05, 0.1) is 11.7 Å². The first kappa shape index (κ1) is 12.4. The van der Waals surface area contributed by atoms with Crippen LogP contribution in [0.3, 0.4) is 0 Å². The Balaban J connectivity index is 3.01. The van der Waals surface area contributed by atoms with Crippen LogP contribution in [-0.4, -0.2) is 43.6 Å². The summed E-state index contributed by atoms with van der Waals surface area (Å²) < 4.78 is 23.1. The molecule has 2 atom stereocenters. The van der Waals surface area contributed by atoms with E-state index in [0.717, 1.165) is 6.42 Å². The van der Waals surface area contributed by atoms with E-state index in [-0.39, 0.29) is 6.42 Å². The minimum Gasteiger partial charge on any atom is -0.481 e. The second-order valence-electron chi connectivity index (χ2n) is 4.19. The highest BCUT2D eigenvalue weighted by Crippen LogP contribution is 2.36. The van der Waals surface area contributed by atoms with Crippen molar-refractivity contribution in [3.05, 3.63) is 0 Å². The predicted molar refractivity (Wildman–Crippen MR) is 56.5 cm³/mol. The van der Waals surface area contributed by atoms with Crippen molar-refractivity contribution in [2.45, 2.75) is 36.5 Å². The third-order valence-electron chi connectivity index (χ3n) is 3.19. The van der Waals surface area contributed by atoms with Gasteiger partial charge < -0.3 is 10.4 Å². The van der Waals surface area contributed by atoms with Crippen molar-refractivity contribution >= 4 is 15.8 Å². The predicted octanol–water partition coefficient (Wildman–Crippen LogP) is 0.0164. The topological polar surface area (TPSA) is 83.5 Å². The van der Waals surface area contributed by atoms with Crippen molar-refractivity contribution in [2.24, 2.45) is 0 Å². The van der Waals surface area contributed by atoms with Crippen LogP contribution in [0.5, 0.6) is 0 Å². The van der Waals surface area contributed by atoms with Crippen molar-refractivity contribution in [1.82, 2.24) is 5.32 Å². The van der Waals surface area contributed by atoms with Gasteiger partial charge in [-0.05, 0) is 19.9 Å². The molecule has 0 aromatic carbocycles. The van der Waals surface area contributed by atoms with Gasteiger partial charge in [-0.1, -0.05) is 6.42 Å². The fraction of sp³-hybridized carbons (Fsp3) is 0.889. The maximum atomic E-state index is 11.6. The number of aliphatic carboxylic acids is 1. The zero-order chi connectivity index (χ0) is 11.7. The van der Waals surface area contributed by atoms with Gasteiger partial charge in [-0.3, -0.25) is 4.79 Å². The second kappa shape index (κ2) is 4.09. The summed E-state index contributed by atoms with van der Waals surface area (Å²) in [6, 6.07) is 0. The Labute approximate surface area is 89.8 Å². The van der Waals surface area contributed by atoms with Gasteiger partial charge >= 0.3 is 5.97 Å². The smallest absolute Gasteiger partial charge is 0.305 e. The summed E-state index contributed by atoms with van der Waals surface area (Å²) in [6.45, 7) is 0. The number of hydrogen-bond acceptors (Lipinski definition) is 4. The SMILES string of the molecule is CNC1(CC(=O)O)CCCC1S(C)(=O)=O. The molecule has 6 heteroatoms. The van der Waals surface area contributed by atoms with Crippen molar-refractivity contribution in [3.63, 3.8) is 0 Å². The van der Waals surface area contributed by atoms with Crippen LogP contribution < -0.4 is 5.32 Å². The van der Waals surface area contributed by atoms with E-state index in [9.17, 15) is 13.2 Å². The largest absolute Gasteiger partial charge is 0.481 e. The monoisotopic (exact) mass is 235 g/mol. The summed E-state index contributed by atoms with van der Waals surface area (Å²) in [4.78, 5) is 10.8. The number of carboxylic acids is 1. The van der Waals surface area contributed by atoms with Gasteiger partial charge in [0.15, 0.2) is 9.84 Å². The molecule has 15 heavy (non-hydrogen) atoms. The summed E-state index contributed by atoms with van der Waals surface area (Å²) in [5, 5.41) is 11.1. The van der Waals surface area contributed by atoms with Crippen molar-refractivity contribution < 1.29 is 18.3 Å². The molecule has 0 saturated heterocycles. The van der Waals surface area contributed by atoms with Crippen LogP contribution in [0, 0.1) is 0 Å². The van der Waals surface area contributed by atoms with Crippen molar-refractivity contribution in [1.29, 1.82) is 0 Å². The van der Waals surface area contributed by atoms with Gasteiger partial charge in [0.25, 0.3) is 0 Å². The van der Waals surface area contributed by atoms with E-state index in [1.165, 1.54) is 6.26 Å². The number of carboxylic acid groups (broad SMARTS) is 1. The molecule has 0 spiro atoms. The molecular formula is C9H17NO4S. The van der Waals surface area contributed by atoms with Gasteiger partial charge in [-0.2, -0.15) is 0 Å². The van der Waals surface area contributed by atoms with Gasteiger partial charge in [0.2, 0.25) is 0 Å². The number of nitrogens with one attached hydrogen (secondary N) is 1. The molecule has 1 aliphatic rings. The quantitative estimate of drug-likeness (QED) is 0.717. The van der Waals surface area contributed by atoms with Crippen LogP contribution in [0.25, 0.3) is 0 Å². The average molecular weight is 235 g/mol. The summed E-state index contributed by atoms with van der Waals surface area (Å²) in [6.07, 6.45) is 2.95. The maximum absolute atomic E-state index is 11.6. The molecular weight excluding hydrogens is 218 g/mol. The number of rotatable bonds is 4. The van der Waals surface area contributed by atoms with Gasteiger partial charge in [-0.15, -0.1) is 0 Å². The first-order valence-corrected chi connectivity index (χ1v) is 6.87. The molecule has 0 amide bonds. The minimum atomic E-state index is -3.19. The Morgan fingerprint density at radius 1 is 1.60 bits per heavy atom. The van der Waals surface area contributed by atoms with Crippen LogP contribution in [0.4, 0.5) is 0 Å². The first-order chi connectivity index (χ1) is 6.82. The lowest BCUT2D eigenvalue weighted by Gasteiger charge is -2.32. The molecule has 1 saturated carbocycles. The molecule has 0 aromatic heterocycles. The van der Waals surface area contributed by atoms with Crippen molar-refractivity contribution in [3.8, 4) is 0 Å². The number of hydrogen-bond donors (Lipinski definition) is 2. The summed E-state index contributed by atoms with van der Waals surface area (Å²) in [7, 11) is -1.56. The molecule has 0 heterocycles. The fourth-order valence-electron chi connectivity index (χ4n) is 2.51. The lowest BCUT2D eigenvalue weighted by atomic mass is 9.93. The van der Waals surface area contributed by atoms with E-state index in [1.807, 2.05) is 0 Å². The van der Waals surface area contributed by atoms with Crippen LogP contribution in [0.1, 0.15) is 25.7 Å². The van der Waals surface area contributed by atoms with Gasteiger partial charge in [-0.25, -0.2) is 8.42 Å². The summed E-state index contributed by atoms with van der Waals surface area (Å²) >= 11 is 0. The molecule has 1 aliphatic carbocycles. The highest BCUT2D eigenvalue weighted by molar-refractivity contribution is 7.91. The second-order valence-corrected chi connectivity index (χ2v) is 6.42. The van der Waals surface area contributed by atoms with Gasteiger partial charge in [0.1, 0.15) is 0 Å². The molecule has 2 unspecified atom stereocenters. The third kappa shape index (κ3) is 2.49. The van der Waals surface area contributed by atoms with E-state index in [0.29, 0.717) is 12.8 Å². The average Bonchev–Trinajstić information content (AvgIpc) is 2.47. The van der Waals surface area contributed by atoms with Crippen LogP contribution in [0.2, 0.25) is 0 Å². The maximum Gasteiger partial charge on any atom is 0.305 e. The highest BCUT2D eigenvalue weighted by atomic mass is 32.2. The fourth-order valence-corrected chi connectivity index (χ4v) is 4.24. The highest BCUT2D eigenvalue weighted by Gasteiger charge is 2.48. The molecule has 0 radical (unpaired) electrons. The summed E-state index contributed by atoms with van der Waals surface area (Å²) in [5.41, 5.74) is -0.778. The van der Waals surface area contributed by atoms with E-state index in [1.54, 1.807) is 7.05 Å². The van der Waals surface area contributed by atoms with E-state index in [2.05, 4.69) is 5.32 Å². The van der Waals surface area contributed by atoms with E-state index >= 15 is 0 Å². The third-order valence-corrected chi connectivity index (χ3v) is 4.91. The Kier molecular flexibility index (Phi) is 3.40. The summed E-state index contributed by atoms with van der Waals surface area (Å²) in [5.74, 6) is -0.958. The molecule has 5 nitrogen and oxygen atoms in total. The van der Waals surface area contributed by atoms with Crippen LogP contribution in [-0.2, 0) is 14.6 Å². The Hall–Kier alpha value is -0.620. The number of sulfone groups is 1. The zero-order valence-electron chi connectivity index (χ0n) is 8.99. The Morgan fingerprint density at radius 3 is 2.60 bits per heavy atom. The molecule has 0 aliphatic heterocycles. The Bertz CT molecular complexity index is 351. The first-order valence-electron chi connectivity index (χ1n) is 4.91. The molecule has 0 aromatic rings. The molecule has 1 rings (SSSR count). The molecule has 1 fully saturated rings. The minimum absolute atomic E-state index is 0.138. The van der Waals surface area contributed by atoms with Gasteiger partial charge in [0, 0.05) is 11.8 Å². The standard InChI is InChI=1S/C9H17NO4S/c1-10-9(6-8(11)12)5-3-4-7(9)15(2,13)14/h7,10H,3-6H2,1-2H3,(H,11,12).